The number of rotatable bonds is 10. The molecule has 0 heterocycles. The molecule has 0 radical (unpaired) electrons. The number of anilines is 1. The molecule has 0 fully saturated rings. The zero-order chi connectivity index (χ0) is 26.3. The topological polar surface area (TPSA) is 104 Å². The second-order valence-corrected chi connectivity index (χ2v) is 10.4. The summed E-state index contributed by atoms with van der Waals surface area (Å²) in [7, 11) is -3.72. The van der Waals surface area contributed by atoms with Crippen molar-refractivity contribution < 1.29 is 18.0 Å². The van der Waals surface area contributed by atoms with Crippen LogP contribution in [0.5, 0.6) is 0 Å². The summed E-state index contributed by atoms with van der Waals surface area (Å²) < 4.78 is 28.3. The lowest BCUT2D eigenvalue weighted by atomic mass is 10.0. The molecule has 0 aliphatic carbocycles. The van der Waals surface area contributed by atoms with Crippen LogP contribution in [-0.4, -0.2) is 32.8 Å². The molecule has 0 aromatic heterocycles. The van der Waals surface area contributed by atoms with Gasteiger partial charge in [-0.05, 0) is 36.2 Å². The highest BCUT2D eigenvalue weighted by Gasteiger charge is 2.24. The molecule has 3 N–H and O–H groups in total. The van der Waals surface area contributed by atoms with Crippen LogP contribution in [0.15, 0.2) is 102 Å². The van der Waals surface area contributed by atoms with Crippen LogP contribution in [0.1, 0.15) is 29.3 Å². The molecule has 0 bridgehead atoms. The third-order valence-electron chi connectivity index (χ3n) is 5.91. The maximum absolute atomic E-state index is 13.5. The van der Waals surface area contributed by atoms with Crippen molar-refractivity contribution in [1.82, 2.24) is 10.0 Å². The molecule has 0 saturated carbocycles. The number of hydrogen-bond donors (Lipinski definition) is 3. The van der Waals surface area contributed by atoms with Crippen molar-refractivity contribution in [2.75, 3.05) is 11.9 Å². The Hall–Kier alpha value is -4.01. The molecule has 4 aromatic rings. The lowest BCUT2D eigenvalue weighted by Crippen LogP contribution is -2.45. The van der Waals surface area contributed by atoms with Crippen LogP contribution in [0.2, 0.25) is 0 Å². The molecule has 4 aromatic carbocycles. The van der Waals surface area contributed by atoms with E-state index in [1.807, 2.05) is 43.3 Å². The van der Waals surface area contributed by atoms with Crippen LogP contribution in [0, 0.1) is 0 Å². The van der Waals surface area contributed by atoms with Crippen LogP contribution in [0.25, 0.3) is 10.8 Å². The summed E-state index contributed by atoms with van der Waals surface area (Å²) in [6.07, 6.45) is 0.958. The van der Waals surface area contributed by atoms with Crippen molar-refractivity contribution in [2.45, 2.75) is 30.7 Å². The van der Waals surface area contributed by atoms with E-state index >= 15 is 0 Å². The van der Waals surface area contributed by atoms with Gasteiger partial charge in [-0.2, -0.15) is 0 Å². The Bertz CT molecular complexity index is 1490. The Morgan fingerprint density at radius 3 is 2.14 bits per heavy atom. The number of carbonyl (C=O) groups is 2. The SMILES string of the molecule is CCCNS(=O)(=O)c1cccc2c(NC(=O)[C@@H](Cc3ccccc3)NC(=O)c3ccccc3)cccc12. The van der Waals surface area contributed by atoms with E-state index < -0.39 is 22.0 Å². The van der Waals surface area contributed by atoms with E-state index in [1.165, 1.54) is 0 Å². The van der Waals surface area contributed by atoms with Crippen molar-refractivity contribution in [3.05, 3.63) is 108 Å². The van der Waals surface area contributed by atoms with Gasteiger partial charge in [-0.1, -0.05) is 79.7 Å². The van der Waals surface area contributed by atoms with E-state index in [0.717, 1.165) is 5.56 Å². The Morgan fingerprint density at radius 2 is 1.43 bits per heavy atom. The maximum atomic E-state index is 13.5. The van der Waals surface area contributed by atoms with Gasteiger partial charge in [0.15, 0.2) is 0 Å². The van der Waals surface area contributed by atoms with Crippen molar-refractivity contribution >= 4 is 38.3 Å². The third-order valence-corrected chi connectivity index (χ3v) is 7.43. The molecule has 7 nitrogen and oxygen atoms in total. The van der Waals surface area contributed by atoms with E-state index in [4.69, 9.17) is 0 Å². The summed E-state index contributed by atoms with van der Waals surface area (Å²) in [4.78, 5) is 26.5. The largest absolute Gasteiger partial charge is 0.340 e. The van der Waals surface area contributed by atoms with Gasteiger partial charge < -0.3 is 10.6 Å². The molecule has 1 atom stereocenters. The minimum absolute atomic E-state index is 0.146. The van der Waals surface area contributed by atoms with Crippen molar-refractivity contribution in [3.8, 4) is 0 Å². The lowest BCUT2D eigenvalue weighted by Gasteiger charge is -2.20. The molecule has 37 heavy (non-hydrogen) atoms. The Labute approximate surface area is 217 Å². The molecule has 0 saturated heterocycles. The van der Waals surface area contributed by atoms with Crippen LogP contribution in [0.3, 0.4) is 0 Å². The fourth-order valence-corrected chi connectivity index (χ4v) is 5.40. The number of fused-ring (bicyclic) bond motifs is 1. The van der Waals surface area contributed by atoms with Gasteiger partial charge in [-0.3, -0.25) is 9.59 Å². The zero-order valence-corrected chi connectivity index (χ0v) is 21.3. The van der Waals surface area contributed by atoms with Gasteiger partial charge in [-0.15, -0.1) is 0 Å². The molecular formula is C29H29N3O4S. The Kier molecular flexibility index (Phi) is 8.32. The highest BCUT2D eigenvalue weighted by atomic mass is 32.2. The predicted molar refractivity (Wildman–Crippen MR) is 146 cm³/mol. The van der Waals surface area contributed by atoms with Gasteiger partial charge in [0.1, 0.15) is 6.04 Å². The fourth-order valence-electron chi connectivity index (χ4n) is 4.05. The molecule has 8 heteroatoms. The standard InChI is InChI=1S/C29H29N3O4S/c1-2-19-30-37(35,36)27-18-10-15-23-24(27)16-9-17-25(23)31-29(34)26(20-21-11-5-3-6-12-21)32-28(33)22-13-7-4-8-14-22/h3-18,26,30H,2,19-20H2,1H3,(H,31,34)(H,32,33)/t26-/m1/s1. The molecule has 0 unspecified atom stereocenters. The van der Waals surface area contributed by atoms with Crippen molar-refractivity contribution in [1.29, 1.82) is 0 Å². The van der Waals surface area contributed by atoms with Gasteiger partial charge in [0.25, 0.3) is 5.91 Å². The summed E-state index contributed by atoms with van der Waals surface area (Å²) in [5.74, 6) is -0.761. The Balaban J connectivity index is 1.64. The fraction of sp³-hybridized carbons (Fsp3) is 0.172. The van der Waals surface area contributed by atoms with Crippen molar-refractivity contribution in [2.24, 2.45) is 0 Å². The number of benzene rings is 4. The first-order chi connectivity index (χ1) is 17.9. The quantitative estimate of drug-likeness (QED) is 0.289. The highest BCUT2D eigenvalue weighted by molar-refractivity contribution is 7.89. The van der Waals surface area contributed by atoms with Crippen LogP contribution < -0.4 is 15.4 Å². The monoisotopic (exact) mass is 515 g/mol. The van der Waals surface area contributed by atoms with E-state index in [-0.39, 0.29) is 17.2 Å². The molecule has 4 rings (SSSR count). The molecular weight excluding hydrogens is 486 g/mol. The van der Waals surface area contributed by atoms with Crippen molar-refractivity contribution in [3.63, 3.8) is 0 Å². The lowest BCUT2D eigenvalue weighted by molar-refractivity contribution is -0.118. The van der Waals surface area contributed by atoms with Gasteiger partial charge in [0.2, 0.25) is 15.9 Å². The molecule has 0 aliphatic rings. The second-order valence-electron chi connectivity index (χ2n) is 8.63. The normalized spacial score (nSPS) is 12.1. The first kappa shape index (κ1) is 26.1. The van der Waals surface area contributed by atoms with Crippen LogP contribution in [-0.2, 0) is 21.2 Å². The number of nitrogens with one attached hydrogen (secondary N) is 3. The minimum atomic E-state index is -3.72. The van der Waals surface area contributed by atoms with E-state index in [9.17, 15) is 18.0 Å². The molecule has 0 spiro atoms. The number of sulfonamides is 1. The average Bonchev–Trinajstić information content (AvgIpc) is 2.92. The highest BCUT2D eigenvalue weighted by Crippen LogP contribution is 2.29. The summed E-state index contributed by atoms with van der Waals surface area (Å²) >= 11 is 0. The van der Waals surface area contributed by atoms with E-state index in [2.05, 4.69) is 15.4 Å². The minimum Gasteiger partial charge on any atom is -0.340 e. The average molecular weight is 516 g/mol. The van der Waals surface area contributed by atoms with E-state index in [1.54, 1.807) is 60.7 Å². The van der Waals surface area contributed by atoms with E-state index in [0.29, 0.717) is 35.0 Å². The number of hydrogen-bond acceptors (Lipinski definition) is 4. The summed E-state index contributed by atoms with van der Waals surface area (Å²) in [5, 5.41) is 6.85. The molecule has 190 valence electrons. The first-order valence-electron chi connectivity index (χ1n) is 12.1. The summed E-state index contributed by atoms with van der Waals surface area (Å²) in [6, 6.07) is 27.4. The third kappa shape index (κ3) is 6.41. The summed E-state index contributed by atoms with van der Waals surface area (Å²) in [5.41, 5.74) is 1.80. The first-order valence-corrected chi connectivity index (χ1v) is 13.6. The van der Waals surface area contributed by atoms with Crippen LogP contribution >= 0.6 is 0 Å². The Morgan fingerprint density at radius 1 is 0.784 bits per heavy atom. The zero-order valence-electron chi connectivity index (χ0n) is 20.5. The second kappa shape index (κ2) is 11.8. The molecule has 2 amide bonds. The maximum Gasteiger partial charge on any atom is 0.251 e. The molecule has 0 aliphatic heterocycles. The summed E-state index contributed by atoms with van der Waals surface area (Å²) in [6.45, 7) is 2.22. The van der Waals surface area contributed by atoms with Gasteiger partial charge in [-0.25, -0.2) is 13.1 Å². The number of carbonyl (C=O) groups excluding carboxylic acids is 2. The van der Waals surface area contributed by atoms with Crippen LogP contribution in [0.4, 0.5) is 5.69 Å². The predicted octanol–water partition coefficient (Wildman–Crippen LogP) is 4.51. The van der Waals surface area contributed by atoms with Gasteiger partial charge in [0.05, 0.1) is 4.90 Å². The van der Waals surface area contributed by atoms with Gasteiger partial charge in [0, 0.05) is 35.0 Å². The smallest absolute Gasteiger partial charge is 0.251 e. The number of amides is 2. The van der Waals surface area contributed by atoms with Gasteiger partial charge >= 0.3 is 0 Å².